The number of anilines is 1. The molecular formula is C18H14Cl2N6O5S2. The van der Waals surface area contributed by atoms with Gasteiger partial charge in [-0.3, -0.25) is 19.5 Å². The molecule has 0 saturated carbocycles. The van der Waals surface area contributed by atoms with E-state index in [0.29, 0.717) is 27.7 Å². The maximum absolute atomic E-state index is 12.8. The van der Waals surface area contributed by atoms with Gasteiger partial charge in [0, 0.05) is 22.2 Å². The number of nitrogens with two attached hydrogens (primary N) is 1. The van der Waals surface area contributed by atoms with Crippen molar-refractivity contribution in [3.63, 3.8) is 0 Å². The molecule has 2 aliphatic rings. The smallest absolute Gasteiger partial charge is 0.353 e. The topological polar surface area (TPSA) is 171 Å². The SMILES string of the molecule is Nc1nc(/C(=N/O)C(=O)NC2C(=O)N3C(C(=O)O)=C(Sc4cnccc4Cl)CCC23)c(Cl)s1. The number of β-lactam (4-membered cyclic amide) rings is 1. The van der Waals surface area contributed by atoms with Gasteiger partial charge in [-0.15, -0.1) is 0 Å². The van der Waals surface area contributed by atoms with E-state index in [0.717, 1.165) is 28.0 Å². The molecule has 1 saturated heterocycles. The summed E-state index contributed by atoms with van der Waals surface area (Å²) in [6.45, 7) is 0. The number of carboxylic acids is 1. The third-order valence-electron chi connectivity index (χ3n) is 4.99. The van der Waals surface area contributed by atoms with E-state index in [4.69, 9.17) is 28.9 Å². The normalized spacial score (nSPS) is 20.4. The number of nitrogen functional groups attached to an aromatic ring is 1. The fourth-order valence-corrected chi connectivity index (χ4v) is 5.77. The summed E-state index contributed by atoms with van der Waals surface area (Å²) in [6.07, 6.45) is 3.76. The molecule has 0 aromatic carbocycles. The first-order valence-electron chi connectivity index (χ1n) is 9.24. The van der Waals surface area contributed by atoms with Crippen molar-refractivity contribution in [3.8, 4) is 0 Å². The molecule has 11 nitrogen and oxygen atoms in total. The van der Waals surface area contributed by atoms with E-state index in [1.165, 1.54) is 12.4 Å². The van der Waals surface area contributed by atoms with Crippen molar-refractivity contribution < 1.29 is 24.7 Å². The Kier molecular flexibility index (Phi) is 6.47. The van der Waals surface area contributed by atoms with Crippen LogP contribution in [0.4, 0.5) is 5.13 Å². The third kappa shape index (κ3) is 4.24. The maximum atomic E-state index is 12.8. The lowest BCUT2D eigenvalue weighted by Gasteiger charge is -2.50. The molecule has 33 heavy (non-hydrogen) atoms. The Morgan fingerprint density at radius 2 is 2.15 bits per heavy atom. The average Bonchev–Trinajstić information content (AvgIpc) is 3.11. The first-order chi connectivity index (χ1) is 15.7. The minimum absolute atomic E-state index is 0.0431. The van der Waals surface area contributed by atoms with E-state index in [-0.39, 0.29) is 20.9 Å². The van der Waals surface area contributed by atoms with E-state index in [2.05, 4.69) is 20.4 Å². The van der Waals surface area contributed by atoms with Crippen LogP contribution in [0.2, 0.25) is 9.36 Å². The molecule has 0 bridgehead atoms. The third-order valence-corrected chi connectivity index (χ3v) is 7.70. The molecule has 4 rings (SSSR count). The molecule has 0 spiro atoms. The van der Waals surface area contributed by atoms with Gasteiger partial charge in [-0.2, -0.15) is 0 Å². The van der Waals surface area contributed by atoms with E-state index in [1.54, 1.807) is 6.07 Å². The second kappa shape index (κ2) is 9.17. The highest BCUT2D eigenvalue weighted by Crippen LogP contribution is 2.44. The molecule has 15 heteroatoms. The van der Waals surface area contributed by atoms with Gasteiger partial charge < -0.3 is 21.4 Å². The van der Waals surface area contributed by atoms with E-state index in [9.17, 15) is 24.7 Å². The second-order valence-electron chi connectivity index (χ2n) is 6.87. The van der Waals surface area contributed by atoms with Gasteiger partial charge in [-0.1, -0.05) is 51.5 Å². The van der Waals surface area contributed by atoms with Crippen molar-refractivity contribution in [2.75, 3.05) is 5.73 Å². The van der Waals surface area contributed by atoms with Gasteiger partial charge in [0.2, 0.25) is 0 Å². The van der Waals surface area contributed by atoms with Crippen LogP contribution in [0.25, 0.3) is 0 Å². The standard InChI is InChI=1S/C18H14Cl2N6O5S2/c19-6-3-4-22-5-9(6)32-8-2-1-7-10(16(28)26(7)13(8)17(29)30)23-15(27)12(25-31)11-14(20)33-18(21)24-11/h3-5,7,10,31H,1-2H2,(H2,21,24)(H,23,27)(H,29,30)/b25-12-. The summed E-state index contributed by atoms with van der Waals surface area (Å²) in [5.74, 6) is -2.78. The quantitative estimate of drug-likeness (QED) is 0.189. The van der Waals surface area contributed by atoms with Gasteiger partial charge in [-0.25, -0.2) is 9.78 Å². The zero-order valence-electron chi connectivity index (χ0n) is 16.4. The first kappa shape index (κ1) is 23.3. The highest BCUT2D eigenvalue weighted by atomic mass is 35.5. The summed E-state index contributed by atoms with van der Waals surface area (Å²) in [6, 6.07) is -0.0107. The number of aliphatic carboxylic acids is 1. The van der Waals surface area contributed by atoms with Crippen LogP contribution in [-0.2, 0) is 14.4 Å². The molecule has 5 N–H and O–H groups in total. The Balaban J connectivity index is 1.55. The molecule has 172 valence electrons. The predicted molar refractivity (Wildman–Crippen MR) is 121 cm³/mol. The molecule has 0 aliphatic carbocycles. The van der Waals surface area contributed by atoms with Crippen LogP contribution < -0.4 is 11.1 Å². The monoisotopic (exact) mass is 528 g/mol. The number of thiazole rings is 1. The number of nitrogens with one attached hydrogen (secondary N) is 1. The molecule has 2 unspecified atom stereocenters. The molecule has 2 aliphatic heterocycles. The Morgan fingerprint density at radius 1 is 1.39 bits per heavy atom. The summed E-state index contributed by atoms with van der Waals surface area (Å²) in [7, 11) is 0. The number of allylic oxidation sites excluding steroid dienone is 1. The van der Waals surface area contributed by atoms with Gasteiger partial charge in [0.25, 0.3) is 11.8 Å². The predicted octanol–water partition coefficient (Wildman–Crippen LogP) is 2.18. The van der Waals surface area contributed by atoms with Gasteiger partial charge in [0.1, 0.15) is 21.8 Å². The number of carbonyl (C=O) groups excluding carboxylic acids is 2. The van der Waals surface area contributed by atoms with Crippen molar-refractivity contribution in [2.24, 2.45) is 5.16 Å². The van der Waals surface area contributed by atoms with Crippen LogP contribution in [0.3, 0.4) is 0 Å². The summed E-state index contributed by atoms with van der Waals surface area (Å²) in [5.41, 5.74) is 4.76. The Bertz CT molecular complexity index is 1230. The number of pyridine rings is 1. The van der Waals surface area contributed by atoms with Crippen molar-refractivity contribution in [1.29, 1.82) is 0 Å². The number of rotatable bonds is 6. The molecule has 2 atom stereocenters. The lowest BCUT2D eigenvalue weighted by atomic mass is 9.86. The number of carboxylic acid groups (broad SMARTS) is 1. The van der Waals surface area contributed by atoms with Gasteiger partial charge in [0.15, 0.2) is 10.8 Å². The average molecular weight is 529 g/mol. The number of aromatic nitrogens is 2. The minimum Gasteiger partial charge on any atom is -0.477 e. The first-order valence-corrected chi connectivity index (χ1v) is 11.6. The van der Waals surface area contributed by atoms with Gasteiger partial charge >= 0.3 is 5.97 Å². The van der Waals surface area contributed by atoms with Crippen LogP contribution in [0.1, 0.15) is 18.5 Å². The molecule has 1 fully saturated rings. The van der Waals surface area contributed by atoms with Crippen molar-refractivity contribution >= 4 is 74.9 Å². The van der Waals surface area contributed by atoms with E-state index < -0.39 is 35.6 Å². The largest absolute Gasteiger partial charge is 0.477 e. The van der Waals surface area contributed by atoms with E-state index >= 15 is 0 Å². The number of amides is 2. The number of oxime groups is 1. The number of hydrogen-bond donors (Lipinski definition) is 4. The number of carbonyl (C=O) groups is 3. The Morgan fingerprint density at radius 3 is 2.76 bits per heavy atom. The molecule has 2 aromatic rings. The molecule has 2 amide bonds. The van der Waals surface area contributed by atoms with Gasteiger partial charge in [0.05, 0.1) is 11.1 Å². The number of fused-ring (bicyclic) bond motifs is 1. The lowest BCUT2D eigenvalue weighted by molar-refractivity contribution is -0.155. The number of hydrogen-bond acceptors (Lipinski definition) is 10. The zero-order chi connectivity index (χ0) is 23.9. The van der Waals surface area contributed by atoms with Crippen molar-refractivity contribution in [2.45, 2.75) is 29.8 Å². The molecular weight excluding hydrogens is 515 g/mol. The van der Waals surface area contributed by atoms with Crippen LogP contribution in [0, 0.1) is 0 Å². The minimum atomic E-state index is -1.28. The molecule has 4 heterocycles. The number of halogens is 2. The van der Waals surface area contributed by atoms with Crippen LogP contribution in [0.5, 0.6) is 0 Å². The molecule has 0 radical (unpaired) electrons. The number of nitrogens with zero attached hydrogens (tertiary/aromatic N) is 4. The van der Waals surface area contributed by atoms with Gasteiger partial charge in [-0.05, 0) is 18.9 Å². The summed E-state index contributed by atoms with van der Waals surface area (Å²) in [5, 5.41) is 25.0. The zero-order valence-corrected chi connectivity index (χ0v) is 19.5. The van der Waals surface area contributed by atoms with Crippen LogP contribution in [0.15, 0.2) is 39.1 Å². The maximum Gasteiger partial charge on any atom is 0.353 e. The van der Waals surface area contributed by atoms with Crippen molar-refractivity contribution in [1.82, 2.24) is 20.2 Å². The van der Waals surface area contributed by atoms with Crippen LogP contribution in [-0.4, -0.2) is 60.8 Å². The second-order valence-corrected chi connectivity index (χ2v) is 10.1. The summed E-state index contributed by atoms with van der Waals surface area (Å²) >= 11 is 14.2. The Hall–Kier alpha value is -2.87. The Labute approximate surface area is 204 Å². The highest BCUT2D eigenvalue weighted by molar-refractivity contribution is 8.03. The number of thioether (sulfide) groups is 1. The van der Waals surface area contributed by atoms with Crippen molar-refractivity contribution in [3.05, 3.63) is 44.1 Å². The summed E-state index contributed by atoms with van der Waals surface area (Å²) < 4.78 is 0.0431. The van der Waals surface area contributed by atoms with Crippen LogP contribution >= 0.6 is 46.3 Å². The summed E-state index contributed by atoms with van der Waals surface area (Å²) in [4.78, 5) is 47.5. The van der Waals surface area contributed by atoms with E-state index in [1.807, 2.05) is 0 Å². The fraction of sp³-hybridized carbons (Fsp3) is 0.222. The fourth-order valence-electron chi connectivity index (χ4n) is 3.57. The highest BCUT2D eigenvalue weighted by Gasteiger charge is 2.54. The molecule has 2 aromatic heterocycles. The lowest BCUT2D eigenvalue weighted by Crippen LogP contribution is -2.72.